The maximum Gasteiger partial charge on any atom is 0.0574 e. The second-order valence-electron chi connectivity index (χ2n) is 19.9. The molecule has 5 heteroatoms. The number of aromatic nitrogens is 3. The molecule has 0 aliphatic heterocycles. The molecule has 3 heterocycles. The molecule has 0 aliphatic carbocycles. The Labute approximate surface area is 464 Å². The normalized spacial score (nSPS) is 11.6. The summed E-state index contributed by atoms with van der Waals surface area (Å²) in [5.41, 5.74) is 22.8. The number of rotatable bonds is 11. The van der Waals surface area contributed by atoms with Crippen LogP contribution in [0.15, 0.2) is 282 Å². The molecule has 0 N–H and O–H groups in total. The molecule has 0 unspecified atom stereocenters. The minimum absolute atomic E-state index is 0.710. The van der Waals surface area contributed by atoms with Crippen LogP contribution in [-0.4, -0.2) is 13.7 Å². The lowest BCUT2D eigenvalue weighted by atomic mass is 9.96. The van der Waals surface area contributed by atoms with Crippen LogP contribution in [0.2, 0.25) is 0 Å². The standard InChI is InChI=1S/C72H49Br2N3/c73-64-30-13-10-24-56(64)46-76-66-31-14-12-28-61(66)71(72(76)52-22-8-3-9-23-52)55-39-41-69-62(44-55)60-27-11-15-32-68(60)77(69)58-26-16-25-53(43-58)48-34-36-49(37-35-48)54-38-40-65(74)57(42-54)47-75-67-33-17-29-59(50-18-4-1-5-19-50)63(67)45-70(75)51-20-6-2-7-21-51/h1-45H,46-47H2. The first-order valence-electron chi connectivity index (χ1n) is 26.2. The van der Waals surface area contributed by atoms with E-state index in [0.29, 0.717) is 6.54 Å². The lowest BCUT2D eigenvalue weighted by molar-refractivity contribution is 0.841. The minimum Gasteiger partial charge on any atom is -0.336 e. The molecule has 0 spiro atoms. The van der Waals surface area contributed by atoms with Gasteiger partial charge in [-0.2, -0.15) is 0 Å². The Morgan fingerprint density at radius 2 is 0.818 bits per heavy atom. The predicted molar refractivity (Wildman–Crippen MR) is 331 cm³/mol. The smallest absolute Gasteiger partial charge is 0.0574 e. The first kappa shape index (κ1) is 46.8. The molecule has 0 aliphatic rings. The molecule has 3 nitrogen and oxygen atoms in total. The zero-order valence-corrected chi connectivity index (χ0v) is 45.2. The Morgan fingerprint density at radius 3 is 1.57 bits per heavy atom. The van der Waals surface area contributed by atoms with E-state index >= 15 is 0 Å². The molecular weight excluding hydrogens is 1070 g/mol. The Bertz CT molecular complexity index is 4510. The SMILES string of the molecule is Brc1ccc(-c2ccc(-c3cccc(-n4c5ccccc5c5cc(-c6c(-c7ccccc7)n(Cc7ccccc7Br)c7ccccc67)ccc54)c3)cc2)cc1Cn1c(-c2ccccc2)cc2c(-c3ccccc3)cccc21. The molecule has 0 atom stereocenters. The zero-order valence-electron chi connectivity index (χ0n) is 42.0. The van der Waals surface area contributed by atoms with Gasteiger partial charge < -0.3 is 13.7 Å². The average Bonchev–Trinajstić information content (AvgIpc) is 4.18. The third kappa shape index (κ3) is 8.44. The molecule has 11 aromatic carbocycles. The van der Waals surface area contributed by atoms with Crippen LogP contribution in [0.5, 0.6) is 0 Å². The van der Waals surface area contributed by atoms with Gasteiger partial charge in [0, 0.05) is 71.6 Å². The van der Waals surface area contributed by atoms with Gasteiger partial charge >= 0.3 is 0 Å². The van der Waals surface area contributed by atoms with Crippen LogP contribution < -0.4 is 0 Å². The van der Waals surface area contributed by atoms with Crippen molar-refractivity contribution in [2.24, 2.45) is 0 Å². The molecule has 0 saturated heterocycles. The van der Waals surface area contributed by atoms with Crippen LogP contribution in [0.3, 0.4) is 0 Å². The lowest BCUT2D eigenvalue weighted by Crippen LogP contribution is -2.03. The van der Waals surface area contributed by atoms with Gasteiger partial charge in [0.2, 0.25) is 0 Å². The summed E-state index contributed by atoms with van der Waals surface area (Å²) in [6.45, 7) is 1.44. The van der Waals surface area contributed by atoms with Crippen molar-refractivity contribution < 1.29 is 0 Å². The number of nitrogens with zero attached hydrogens (tertiary/aromatic N) is 3. The molecule has 14 rings (SSSR count). The van der Waals surface area contributed by atoms with Gasteiger partial charge in [0.15, 0.2) is 0 Å². The van der Waals surface area contributed by atoms with Gasteiger partial charge in [0.25, 0.3) is 0 Å². The highest BCUT2D eigenvalue weighted by molar-refractivity contribution is 9.10. The summed E-state index contributed by atoms with van der Waals surface area (Å²) in [5, 5.41) is 4.94. The maximum atomic E-state index is 3.97. The summed E-state index contributed by atoms with van der Waals surface area (Å²) >= 11 is 7.83. The molecule has 0 fully saturated rings. The molecule has 0 saturated carbocycles. The van der Waals surface area contributed by atoms with E-state index in [0.717, 1.165) is 21.2 Å². The predicted octanol–water partition coefficient (Wildman–Crippen LogP) is 20.3. The highest BCUT2D eigenvalue weighted by atomic mass is 79.9. The fourth-order valence-corrected chi connectivity index (χ4v) is 12.5. The van der Waals surface area contributed by atoms with Crippen LogP contribution >= 0.6 is 31.9 Å². The van der Waals surface area contributed by atoms with E-state index in [4.69, 9.17) is 0 Å². The third-order valence-corrected chi connectivity index (χ3v) is 16.9. The Kier molecular flexibility index (Phi) is 12.0. The average molecular weight is 1120 g/mol. The topological polar surface area (TPSA) is 14.8 Å². The molecule has 366 valence electrons. The number of benzene rings is 11. The molecule has 14 aromatic rings. The van der Waals surface area contributed by atoms with Crippen molar-refractivity contribution in [2.75, 3.05) is 0 Å². The van der Waals surface area contributed by atoms with Crippen LogP contribution in [0.25, 0.3) is 116 Å². The van der Waals surface area contributed by atoms with Gasteiger partial charge in [-0.1, -0.05) is 238 Å². The second-order valence-corrected chi connectivity index (χ2v) is 21.6. The molecule has 3 aromatic heterocycles. The fourth-order valence-electron chi connectivity index (χ4n) is 11.8. The van der Waals surface area contributed by atoms with E-state index < -0.39 is 0 Å². The van der Waals surface area contributed by atoms with E-state index in [1.54, 1.807) is 0 Å². The van der Waals surface area contributed by atoms with Gasteiger partial charge in [-0.05, 0) is 128 Å². The number of hydrogen-bond donors (Lipinski definition) is 0. The summed E-state index contributed by atoms with van der Waals surface area (Å²) in [6.07, 6.45) is 0. The Balaban J connectivity index is 0.812. The largest absolute Gasteiger partial charge is 0.336 e. The maximum absolute atomic E-state index is 3.97. The molecule has 0 bridgehead atoms. The summed E-state index contributed by atoms with van der Waals surface area (Å²) < 4.78 is 9.60. The quantitative estimate of drug-likeness (QED) is 0.123. The minimum atomic E-state index is 0.710. The van der Waals surface area contributed by atoms with Crippen molar-refractivity contribution in [1.29, 1.82) is 0 Å². The molecule has 77 heavy (non-hydrogen) atoms. The monoisotopic (exact) mass is 1110 g/mol. The van der Waals surface area contributed by atoms with Crippen molar-refractivity contribution in [3.8, 4) is 72.7 Å². The fraction of sp³-hybridized carbons (Fsp3) is 0.0278. The van der Waals surface area contributed by atoms with Crippen molar-refractivity contribution in [3.05, 3.63) is 293 Å². The van der Waals surface area contributed by atoms with E-state index in [-0.39, 0.29) is 0 Å². The third-order valence-electron chi connectivity index (χ3n) is 15.4. The first-order chi connectivity index (χ1) is 38.0. The summed E-state index contributed by atoms with van der Waals surface area (Å²) in [4.78, 5) is 0. The highest BCUT2D eigenvalue weighted by Gasteiger charge is 2.23. The van der Waals surface area contributed by atoms with E-state index in [1.807, 2.05) is 0 Å². The van der Waals surface area contributed by atoms with Crippen molar-refractivity contribution in [3.63, 3.8) is 0 Å². The summed E-state index contributed by atoms with van der Waals surface area (Å²) in [5.74, 6) is 0. The summed E-state index contributed by atoms with van der Waals surface area (Å²) in [6, 6.07) is 99.6. The first-order valence-corrected chi connectivity index (χ1v) is 27.8. The molecule has 0 radical (unpaired) electrons. The molecular formula is C72H49Br2N3. The summed E-state index contributed by atoms with van der Waals surface area (Å²) in [7, 11) is 0. The van der Waals surface area contributed by atoms with Crippen LogP contribution in [0, 0.1) is 0 Å². The van der Waals surface area contributed by atoms with Crippen LogP contribution in [0.4, 0.5) is 0 Å². The second kappa shape index (κ2) is 19.8. The van der Waals surface area contributed by atoms with Gasteiger partial charge in [0.1, 0.15) is 0 Å². The van der Waals surface area contributed by atoms with E-state index in [2.05, 4.69) is 319 Å². The lowest BCUT2D eigenvalue weighted by Gasteiger charge is -2.15. The number of hydrogen-bond acceptors (Lipinski definition) is 0. The van der Waals surface area contributed by atoms with Crippen molar-refractivity contribution >= 4 is 75.5 Å². The number of fused-ring (bicyclic) bond motifs is 5. The Morgan fingerprint density at radius 1 is 0.286 bits per heavy atom. The number of halogens is 2. The highest BCUT2D eigenvalue weighted by Crippen LogP contribution is 2.45. The van der Waals surface area contributed by atoms with E-state index in [9.17, 15) is 0 Å². The van der Waals surface area contributed by atoms with Gasteiger partial charge in [-0.3, -0.25) is 0 Å². The van der Waals surface area contributed by atoms with Crippen LogP contribution in [0.1, 0.15) is 11.1 Å². The van der Waals surface area contributed by atoms with Crippen molar-refractivity contribution in [1.82, 2.24) is 13.7 Å². The molecule has 0 amide bonds. The van der Waals surface area contributed by atoms with Gasteiger partial charge in [0.05, 0.1) is 16.7 Å². The number of para-hydroxylation sites is 2. The Hall–Kier alpha value is -8.74. The van der Waals surface area contributed by atoms with E-state index in [1.165, 1.54) is 122 Å². The van der Waals surface area contributed by atoms with Crippen molar-refractivity contribution in [2.45, 2.75) is 13.1 Å². The van der Waals surface area contributed by atoms with Gasteiger partial charge in [-0.15, -0.1) is 0 Å². The zero-order chi connectivity index (χ0) is 51.4. The van der Waals surface area contributed by atoms with Crippen LogP contribution in [-0.2, 0) is 13.1 Å². The van der Waals surface area contributed by atoms with Gasteiger partial charge in [-0.25, -0.2) is 0 Å².